The monoisotopic (exact) mass is 377 g/mol. The minimum absolute atomic E-state index is 0.170. The minimum atomic E-state index is -4.42. The lowest BCUT2D eigenvalue weighted by Crippen LogP contribution is -2.37. The van der Waals surface area contributed by atoms with Crippen LogP contribution in [0, 0.1) is 0 Å². The molecule has 0 fully saturated rings. The van der Waals surface area contributed by atoms with Crippen molar-refractivity contribution in [3.8, 4) is 0 Å². The molecule has 0 amide bonds. The molecule has 0 spiro atoms. The molecule has 2 aromatic rings. The Labute approximate surface area is 146 Å². The van der Waals surface area contributed by atoms with Gasteiger partial charge in [0, 0.05) is 25.2 Å². The second-order valence-corrected chi connectivity index (χ2v) is 6.05. The molecule has 2 rings (SSSR count). The molecule has 130 valence electrons. The zero-order valence-corrected chi connectivity index (χ0v) is 14.3. The first-order chi connectivity index (χ1) is 11.4. The quantitative estimate of drug-likeness (QED) is 0.477. The molecule has 0 aliphatic carbocycles. The summed E-state index contributed by atoms with van der Waals surface area (Å²) in [4.78, 5) is 11.6. The summed E-state index contributed by atoms with van der Waals surface area (Å²) in [7, 11) is 1.59. The molecule has 0 aliphatic rings. The van der Waals surface area contributed by atoms with Gasteiger partial charge in [0.2, 0.25) is 0 Å². The van der Waals surface area contributed by atoms with Crippen LogP contribution in [-0.4, -0.2) is 29.5 Å². The van der Waals surface area contributed by atoms with Crippen LogP contribution in [0.15, 0.2) is 28.7 Å². The van der Waals surface area contributed by atoms with E-state index in [0.717, 1.165) is 22.3 Å². The number of halogens is 4. The van der Waals surface area contributed by atoms with Crippen molar-refractivity contribution in [3.05, 3.63) is 45.1 Å². The highest BCUT2D eigenvalue weighted by atomic mass is 35.5. The molecule has 0 bridgehead atoms. The molecule has 0 aromatic carbocycles. The van der Waals surface area contributed by atoms with Gasteiger partial charge >= 0.3 is 6.18 Å². The van der Waals surface area contributed by atoms with Crippen LogP contribution in [0.2, 0.25) is 5.15 Å². The van der Waals surface area contributed by atoms with E-state index in [2.05, 4.69) is 25.6 Å². The topological polar surface area (TPSA) is 62.2 Å². The molecule has 2 aromatic heterocycles. The van der Waals surface area contributed by atoms with Gasteiger partial charge in [0.15, 0.2) is 11.7 Å². The highest BCUT2D eigenvalue weighted by Crippen LogP contribution is 2.29. The van der Waals surface area contributed by atoms with Crippen molar-refractivity contribution >= 4 is 28.9 Å². The first-order valence-electron chi connectivity index (χ1n) is 6.95. The largest absolute Gasteiger partial charge is 0.434 e. The average Bonchev–Trinajstić information content (AvgIpc) is 3.01. The summed E-state index contributed by atoms with van der Waals surface area (Å²) in [6.07, 6.45) is -2.02. The van der Waals surface area contributed by atoms with Crippen molar-refractivity contribution in [2.45, 2.75) is 19.1 Å². The molecule has 0 unspecified atom stereocenters. The first kappa shape index (κ1) is 18.5. The Morgan fingerprint density at radius 1 is 1.33 bits per heavy atom. The highest BCUT2D eigenvalue weighted by molar-refractivity contribution is 7.09. The Balaban J connectivity index is 1.78. The van der Waals surface area contributed by atoms with E-state index in [4.69, 9.17) is 11.6 Å². The van der Waals surface area contributed by atoms with Crippen LogP contribution < -0.4 is 10.6 Å². The van der Waals surface area contributed by atoms with E-state index in [9.17, 15) is 13.2 Å². The molecule has 0 aliphatic heterocycles. The number of rotatable bonds is 5. The molecule has 0 saturated heterocycles. The second-order valence-electron chi connectivity index (χ2n) is 4.72. The summed E-state index contributed by atoms with van der Waals surface area (Å²) in [6.45, 7) is 0.761. The maximum Gasteiger partial charge on any atom is 0.434 e. The van der Waals surface area contributed by atoms with Gasteiger partial charge < -0.3 is 10.6 Å². The van der Waals surface area contributed by atoms with E-state index < -0.39 is 11.9 Å². The second kappa shape index (κ2) is 8.29. The van der Waals surface area contributed by atoms with Gasteiger partial charge in [0.1, 0.15) is 10.2 Å². The first-order valence-corrected chi connectivity index (χ1v) is 8.21. The van der Waals surface area contributed by atoms with Crippen LogP contribution in [-0.2, 0) is 19.1 Å². The summed E-state index contributed by atoms with van der Waals surface area (Å²) in [5.74, 6) is 0.487. The molecular formula is C14H15ClF3N5S. The Kier molecular flexibility index (Phi) is 6.38. The van der Waals surface area contributed by atoms with Crippen molar-refractivity contribution in [2.75, 3.05) is 13.6 Å². The van der Waals surface area contributed by atoms with Crippen molar-refractivity contribution in [1.29, 1.82) is 0 Å². The van der Waals surface area contributed by atoms with E-state index in [1.54, 1.807) is 19.3 Å². The molecule has 0 saturated carbocycles. The lowest BCUT2D eigenvalue weighted by atomic mass is 10.2. The van der Waals surface area contributed by atoms with E-state index >= 15 is 0 Å². The molecule has 2 heterocycles. The zero-order chi connectivity index (χ0) is 17.6. The standard InChI is InChI=1S/C14H15ClF3N5S/c1-19-13(20-5-4-9-2-3-11(15)21-6-9)22-7-12-23-10(8-24-12)14(16,17)18/h2-3,6,8H,4-5,7H2,1H3,(H2,19,20,22). The summed E-state index contributed by atoms with van der Waals surface area (Å²) in [5, 5.41) is 7.78. The van der Waals surface area contributed by atoms with E-state index in [-0.39, 0.29) is 6.54 Å². The number of pyridine rings is 1. The summed E-state index contributed by atoms with van der Waals surface area (Å²) >= 11 is 6.67. The average molecular weight is 378 g/mol. The van der Waals surface area contributed by atoms with Crippen molar-refractivity contribution in [3.63, 3.8) is 0 Å². The Hall–Kier alpha value is -1.87. The van der Waals surface area contributed by atoms with E-state index in [0.29, 0.717) is 29.1 Å². The number of hydrogen-bond acceptors (Lipinski definition) is 4. The fourth-order valence-corrected chi connectivity index (χ4v) is 2.63. The number of hydrogen-bond donors (Lipinski definition) is 2. The zero-order valence-electron chi connectivity index (χ0n) is 12.7. The van der Waals surface area contributed by atoms with E-state index in [1.807, 2.05) is 6.07 Å². The third-order valence-corrected chi connectivity index (χ3v) is 4.04. The van der Waals surface area contributed by atoms with Gasteiger partial charge in [-0.15, -0.1) is 11.3 Å². The van der Waals surface area contributed by atoms with Crippen LogP contribution in [0.1, 0.15) is 16.3 Å². The van der Waals surface area contributed by atoms with Crippen molar-refractivity contribution in [2.24, 2.45) is 4.99 Å². The third kappa shape index (κ3) is 5.64. The van der Waals surface area contributed by atoms with Gasteiger partial charge in [0.05, 0.1) is 6.54 Å². The van der Waals surface area contributed by atoms with Crippen LogP contribution in [0.3, 0.4) is 0 Å². The third-order valence-electron chi connectivity index (χ3n) is 2.97. The predicted octanol–water partition coefficient (Wildman–Crippen LogP) is 3.12. The van der Waals surface area contributed by atoms with Crippen molar-refractivity contribution < 1.29 is 13.2 Å². The fourth-order valence-electron chi connectivity index (χ4n) is 1.78. The molecule has 0 radical (unpaired) electrons. The summed E-state index contributed by atoms with van der Waals surface area (Å²) in [5.41, 5.74) is 0.139. The van der Waals surface area contributed by atoms with E-state index in [1.165, 1.54) is 0 Å². The SMILES string of the molecule is CN=C(NCCc1ccc(Cl)nc1)NCc1nc(C(F)(F)F)cs1. The number of guanidine groups is 1. The molecule has 10 heteroatoms. The van der Waals surface area contributed by atoms with Gasteiger partial charge in [-0.3, -0.25) is 4.99 Å². The Morgan fingerprint density at radius 2 is 2.12 bits per heavy atom. The van der Waals surface area contributed by atoms with Crippen LogP contribution in [0.4, 0.5) is 13.2 Å². The molecule has 2 N–H and O–H groups in total. The van der Waals surface area contributed by atoms with Gasteiger partial charge in [-0.1, -0.05) is 17.7 Å². The van der Waals surface area contributed by atoms with Crippen molar-refractivity contribution in [1.82, 2.24) is 20.6 Å². The molecular weight excluding hydrogens is 363 g/mol. The van der Waals surface area contributed by atoms with Gasteiger partial charge in [-0.25, -0.2) is 9.97 Å². The van der Waals surface area contributed by atoms with Gasteiger partial charge in [-0.2, -0.15) is 13.2 Å². The lowest BCUT2D eigenvalue weighted by Gasteiger charge is -2.10. The lowest BCUT2D eigenvalue weighted by molar-refractivity contribution is -0.140. The Morgan fingerprint density at radius 3 is 2.71 bits per heavy atom. The Bertz CT molecular complexity index is 684. The minimum Gasteiger partial charge on any atom is -0.356 e. The number of thiazole rings is 1. The highest BCUT2D eigenvalue weighted by Gasteiger charge is 2.33. The number of aromatic nitrogens is 2. The molecule has 24 heavy (non-hydrogen) atoms. The number of nitrogens with zero attached hydrogens (tertiary/aromatic N) is 3. The number of alkyl halides is 3. The van der Waals surface area contributed by atoms with Crippen LogP contribution in [0.25, 0.3) is 0 Å². The molecule has 0 atom stereocenters. The fraction of sp³-hybridized carbons (Fsp3) is 0.357. The maximum atomic E-state index is 12.5. The number of aliphatic imine (C=N–C) groups is 1. The summed E-state index contributed by atoms with van der Waals surface area (Å²) < 4.78 is 37.5. The summed E-state index contributed by atoms with van der Waals surface area (Å²) in [6, 6.07) is 3.59. The van der Waals surface area contributed by atoms with Crippen LogP contribution >= 0.6 is 22.9 Å². The number of nitrogens with one attached hydrogen (secondary N) is 2. The maximum absolute atomic E-state index is 12.5. The smallest absolute Gasteiger partial charge is 0.356 e. The van der Waals surface area contributed by atoms with Gasteiger partial charge in [-0.05, 0) is 18.1 Å². The van der Waals surface area contributed by atoms with Crippen LogP contribution in [0.5, 0.6) is 0 Å². The van der Waals surface area contributed by atoms with Gasteiger partial charge in [0.25, 0.3) is 0 Å². The normalized spacial score (nSPS) is 12.3. The predicted molar refractivity (Wildman–Crippen MR) is 88.3 cm³/mol. The molecule has 5 nitrogen and oxygen atoms in total.